The van der Waals surface area contributed by atoms with Crippen LogP contribution in [-0.2, 0) is 0 Å². The highest BCUT2D eigenvalue weighted by atomic mass is 19.1. The van der Waals surface area contributed by atoms with Crippen molar-refractivity contribution >= 4 is 0 Å². The highest BCUT2D eigenvalue weighted by Gasteiger charge is 2.07. The van der Waals surface area contributed by atoms with E-state index in [1.54, 1.807) is 18.2 Å². The van der Waals surface area contributed by atoms with Crippen LogP contribution in [0.3, 0.4) is 0 Å². The molecule has 0 saturated heterocycles. The minimum absolute atomic E-state index is 0.245. The van der Waals surface area contributed by atoms with E-state index in [-0.39, 0.29) is 5.56 Å². The minimum atomic E-state index is -0.865. The SMILES string of the molecule is N#CC(N)c1ccccc1F. The summed E-state index contributed by atoms with van der Waals surface area (Å²) in [7, 11) is 0. The number of hydrogen-bond acceptors (Lipinski definition) is 2. The quantitative estimate of drug-likeness (QED) is 0.656. The van der Waals surface area contributed by atoms with Crippen LogP contribution in [0.4, 0.5) is 4.39 Å². The highest BCUT2D eigenvalue weighted by molar-refractivity contribution is 5.24. The molecule has 0 aliphatic heterocycles. The standard InChI is InChI=1S/C8H7FN2/c9-7-4-2-1-3-6(7)8(11)5-10/h1-4,8H,11H2. The predicted octanol–water partition coefficient (Wildman–Crippen LogP) is 1.35. The summed E-state index contributed by atoms with van der Waals surface area (Å²) in [6.45, 7) is 0. The molecule has 0 aromatic heterocycles. The van der Waals surface area contributed by atoms with Crippen molar-refractivity contribution in [2.75, 3.05) is 0 Å². The molecular formula is C8H7FN2. The van der Waals surface area contributed by atoms with Gasteiger partial charge in [-0.25, -0.2) is 4.39 Å². The summed E-state index contributed by atoms with van der Waals surface area (Å²) in [5.74, 6) is -0.429. The predicted molar refractivity (Wildman–Crippen MR) is 38.9 cm³/mol. The van der Waals surface area contributed by atoms with Gasteiger partial charge in [0.1, 0.15) is 11.9 Å². The van der Waals surface area contributed by atoms with E-state index in [0.29, 0.717) is 0 Å². The maximum Gasteiger partial charge on any atom is 0.129 e. The molecule has 2 nitrogen and oxygen atoms in total. The summed E-state index contributed by atoms with van der Waals surface area (Å²) in [6, 6.07) is 6.89. The second-order valence-corrected chi connectivity index (χ2v) is 2.13. The molecule has 1 aromatic rings. The molecule has 2 N–H and O–H groups in total. The van der Waals surface area contributed by atoms with Crippen LogP contribution < -0.4 is 5.73 Å². The van der Waals surface area contributed by atoms with Crippen LogP contribution in [-0.4, -0.2) is 0 Å². The Hall–Kier alpha value is -1.40. The van der Waals surface area contributed by atoms with Crippen LogP contribution in [0.2, 0.25) is 0 Å². The summed E-state index contributed by atoms with van der Waals surface area (Å²) in [5, 5.41) is 8.37. The van der Waals surface area contributed by atoms with Crippen molar-refractivity contribution in [3.63, 3.8) is 0 Å². The van der Waals surface area contributed by atoms with E-state index < -0.39 is 11.9 Å². The van der Waals surface area contributed by atoms with Crippen LogP contribution >= 0.6 is 0 Å². The van der Waals surface area contributed by atoms with E-state index in [1.807, 2.05) is 0 Å². The lowest BCUT2D eigenvalue weighted by atomic mass is 10.1. The lowest BCUT2D eigenvalue weighted by Gasteiger charge is -2.02. The number of hydrogen-bond donors (Lipinski definition) is 1. The van der Waals surface area contributed by atoms with Crippen LogP contribution in [0.15, 0.2) is 24.3 Å². The molecule has 0 aliphatic rings. The number of benzene rings is 1. The van der Waals surface area contributed by atoms with Gasteiger partial charge in [-0.05, 0) is 6.07 Å². The monoisotopic (exact) mass is 150 g/mol. The molecule has 0 saturated carbocycles. The Kier molecular flexibility index (Phi) is 2.19. The van der Waals surface area contributed by atoms with E-state index in [9.17, 15) is 4.39 Å². The first-order valence-electron chi connectivity index (χ1n) is 3.15. The second-order valence-electron chi connectivity index (χ2n) is 2.13. The van der Waals surface area contributed by atoms with Gasteiger partial charge in [0, 0.05) is 5.56 Å². The molecule has 1 rings (SSSR count). The first-order chi connectivity index (χ1) is 5.25. The molecule has 0 fully saturated rings. The zero-order valence-electron chi connectivity index (χ0n) is 5.79. The van der Waals surface area contributed by atoms with E-state index in [4.69, 9.17) is 11.0 Å². The minimum Gasteiger partial charge on any atom is -0.312 e. The summed E-state index contributed by atoms with van der Waals surface area (Å²) in [5.41, 5.74) is 5.54. The van der Waals surface area contributed by atoms with E-state index in [1.165, 1.54) is 12.1 Å². The average molecular weight is 150 g/mol. The van der Waals surface area contributed by atoms with Gasteiger partial charge in [0.25, 0.3) is 0 Å². The molecule has 1 unspecified atom stereocenters. The Labute approximate surface area is 64.1 Å². The molecule has 0 aliphatic carbocycles. The first-order valence-corrected chi connectivity index (χ1v) is 3.15. The normalized spacial score (nSPS) is 12.1. The number of nitrogens with two attached hydrogens (primary N) is 1. The smallest absolute Gasteiger partial charge is 0.129 e. The van der Waals surface area contributed by atoms with Crippen LogP contribution in [0.1, 0.15) is 11.6 Å². The third-order valence-electron chi connectivity index (χ3n) is 1.38. The van der Waals surface area contributed by atoms with E-state index in [0.717, 1.165) is 0 Å². The first kappa shape index (κ1) is 7.70. The Bertz CT molecular complexity index is 290. The lowest BCUT2D eigenvalue weighted by Crippen LogP contribution is -2.08. The van der Waals surface area contributed by atoms with Gasteiger partial charge in [0.15, 0.2) is 0 Å². The number of halogens is 1. The fourth-order valence-corrected chi connectivity index (χ4v) is 0.797. The molecule has 0 radical (unpaired) electrons. The maximum absolute atomic E-state index is 12.8. The Morgan fingerprint density at radius 3 is 2.64 bits per heavy atom. The van der Waals surface area contributed by atoms with Crippen LogP contribution in [0, 0.1) is 17.1 Å². The average Bonchev–Trinajstić information content (AvgIpc) is 2.04. The van der Waals surface area contributed by atoms with E-state index >= 15 is 0 Å². The van der Waals surface area contributed by atoms with Crippen molar-refractivity contribution in [3.05, 3.63) is 35.6 Å². The molecule has 0 heterocycles. The van der Waals surface area contributed by atoms with Gasteiger partial charge < -0.3 is 5.73 Å². The Morgan fingerprint density at radius 1 is 1.45 bits per heavy atom. The van der Waals surface area contributed by atoms with Crippen LogP contribution in [0.25, 0.3) is 0 Å². The van der Waals surface area contributed by atoms with Crippen molar-refractivity contribution in [1.29, 1.82) is 5.26 Å². The molecule has 0 bridgehead atoms. The summed E-state index contributed by atoms with van der Waals surface area (Å²) in [4.78, 5) is 0. The number of nitriles is 1. The molecular weight excluding hydrogens is 143 g/mol. The van der Waals surface area contributed by atoms with Crippen molar-refractivity contribution < 1.29 is 4.39 Å². The summed E-state index contributed by atoms with van der Waals surface area (Å²) in [6.07, 6.45) is 0. The maximum atomic E-state index is 12.8. The fourth-order valence-electron chi connectivity index (χ4n) is 0.797. The Balaban J connectivity index is 3.05. The van der Waals surface area contributed by atoms with Gasteiger partial charge in [-0.1, -0.05) is 18.2 Å². The zero-order valence-corrected chi connectivity index (χ0v) is 5.79. The van der Waals surface area contributed by atoms with Crippen molar-refractivity contribution in [2.24, 2.45) is 5.73 Å². The van der Waals surface area contributed by atoms with Crippen molar-refractivity contribution in [1.82, 2.24) is 0 Å². The summed E-state index contributed by atoms with van der Waals surface area (Å²) >= 11 is 0. The van der Waals surface area contributed by atoms with Crippen LogP contribution in [0.5, 0.6) is 0 Å². The highest BCUT2D eigenvalue weighted by Crippen LogP contribution is 2.12. The third kappa shape index (κ3) is 1.54. The fraction of sp³-hybridized carbons (Fsp3) is 0.125. The zero-order chi connectivity index (χ0) is 8.27. The molecule has 1 aromatic carbocycles. The number of nitrogens with zero attached hydrogens (tertiary/aromatic N) is 1. The number of rotatable bonds is 1. The lowest BCUT2D eigenvalue weighted by molar-refractivity contribution is 0.603. The van der Waals surface area contributed by atoms with Gasteiger partial charge in [-0.3, -0.25) is 0 Å². The van der Waals surface area contributed by atoms with Crippen molar-refractivity contribution in [3.8, 4) is 6.07 Å². The van der Waals surface area contributed by atoms with Crippen molar-refractivity contribution in [2.45, 2.75) is 6.04 Å². The molecule has 1 atom stereocenters. The molecule has 0 spiro atoms. The van der Waals surface area contributed by atoms with Gasteiger partial charge >= 0.3 is 0 Å². The molecule has 11 heavy (non-hydrogen) atoms. The second kappa shape index (κ2) is 3.13. The van der Waals surface area contributed by atoms with Gasteiger partial charge in [0.05, 0.1) is 6.07 Å². The van der Waals surface area contributed by atoms with Gasteiger partial charge in [-0.15, -0.1) is 0 Å². The molecule has 56 valence electrons. The topological polar surface area (TPSA) is 49.8 Å². The van der Waals surface area contributed by atoms with Gasteiger partial charge in [0.2, 0.25) is 0 Å². The van der Waals surface area contributed by atoms with E-state index in [2.05, 4.69) is 0 Å². The molecule has 0 amide bonds. The molecule has 3 heteroatoms. The largest absolute Gasteiger partial charge is 0.312 e. The van der Waals surface area contributed by atoms with Gasteiger partial charge in [-0.2, -0.15) is 5.26 Å². The Morgan fingerprint density at radius 2 is 2.09 bits per heavy atom. The third-order valence-corrected chi connectivity index (χ3v) is 1.38. The summed E-state index contributed by atoms with van der Waals surface area (Å²) < 4.78 is 12.8.